The number of anilines is 1. The molecule has 0 fully saturated rings. The van der Waals surface area contributed by atoms with Gasteiger partial charge in [-0.3, -0.25) is 9.10 Å². The molecule has 0 saturated carbocycles. The Bertz CT molecular complexity index is 1130. The van der Waals surface area contributed by atoms with E-state index in [1.807, 2.05) is 38.1 Å². The molecule has 1 N–H and O–H groups in total. The van der Waals surface area contributed by atoms with E-state index in [4.69, 9.17) is 0 Å². The number of rotatable bonds is 7. The van der Waals surface area contributed by atoms with Crippen molar-refractivity contribution >= 4 is 21.6 Å². The molecule has 5 nitrogen and oxygen atoms in total. The van der Waals surface area contributed by atoms with E-state index < -0.39 is 10.0 Å². The lowest BCUT2D eigenvalue weighted by Crippen LogP contribution is -2.29. The van der Waals surface area contributed by atoms with Crippen molar-refractivity contribution in [2.24, 2.45) is 0 Å². The van der Waals surface area contributed by atoms with Crippen molar-refractivity contribution in [1.82, 2.24) is 5.32 Å². The Morgan fingerprint density at radius 2 is 1.63 bits per heavy atom. The lowest BCUT2D eigenvalue weighted by atomic mass is 9.99. The number of aryl methyl sites for hydroxylation is 1. The van der Waals surface area contributed by atoms with E-state index in [0.29, 0.717) is 11.3 Å². The number of sulfonamides is 1. The van der Waals surface area contributed by atoms with Crippen LogP contribution in [0.5, 0.6) is 0 Å². The van der Waals surface area contributed by atoms with Gasteiger partial charge >= 0.3 is 0 Å². The van der Waals surface area contributed by atoms with Gasteiger partial charge in [0, 0.05) is 12.6 Å². The predicted molar refractivity (Wildman–Crippen MR) is 120 cm³/mol. The van der Waals surface area contributed by atoms with E-state index >= 15 is 0 Å². The van der Waals surface area contributed by atoms with Gasteiger partial charge in [0.15, 0.2) is 0 Å². The average Bonchev–Trinajstić information content (AvgIpc) is 2.78. The standard InChI is InChI=1S/C24H26N2O3S/c1-4-23(22-16-9-8-11-18(22)2)25-24(27)19-12-10-13-20(17-19)26(3)30(28,29)21-14-6-5-7-15-21/h5-17,23H,4H2,1-3H3,(H,25,27)/t23-/m0/s1. The zero-order valence-corrected chi connectivity index (χ0v) is 18.2. The topological polar surface area (TPSA) is 66.5 Å². The molecular weight excluding hydrogens is 396 g/mol. The number of nitrogens with zero attached hydrogens (tertiary/aromatic N) is 1. The number of hydrogen-bond acceptors (Lipinski definition) is 3. The van der Waals surface area contributed by atoms with Gasteiger partial charge in [-0.15, -0.1) is 0 Å². The highest BCUT2D eigenvalue weighted by molar-refractivity contribution is 7.92. The molecule has 30 heavy (non-hydrogen) atoms. The van der Waals surface area contributed by atoms with Gasteiger partial charge in [-0.25, -0.2) is 8.42 Å². The van der Waals surface area contributed by atoms with Crippen LogP contribution in [0.1, 0.15) is 40.9 Å². The van der Waals surface area contributed by atoms with Crippen LogP contribution in [0.3, 0.4) is 0 Å². The summed E-state index contributed by atoms with van der Waals surface area (Å²) in [6.07, 6.45) is 0.749. The summed E-state index contributed by atoms with van der Waals surface area (Å²) in [5.74, 6) is -0.238. The summed E-state index contributed by atoms with van der Waals surface area (Å²) in [7, 11) is -2.22. The summed E-state index contributed by atoms with van der Waals surface area (Å²) in [6.45, 7) is 4.04. The van der Waals surface area contributed by atoms with Gasteiger partial charge in [-0.2, -0.15) is 0 Å². The second kappa shape index (κ2) is 9.13. The van der Waals surface area contributed by atoms with E-state index in [0.717, 1.165) is 17.5 Å². The fraction of sp³-hybridized carbons (Fsp3) is 0.208. The number of carbonyl (C=O) groups excluding carboxylic acids is 1. The van der Waals surface area contributed by atoms with Gasteiger partial charge in [-0.05, 0) is 54.8 Å². The first-order valence-electron chi connectivity index (χ1n) is 9.85. The maximum atomic E-state index is 12.9. The van der Waals surface area contributed by atoms with Crippen LogP contribution in [0.4, 0.5) is 5.69 Å². The highest BCUT2D eigenvalue weighted by atomic mass is 32.2. The Morgan fingerprint density at radius 3 is 2.30 bits per heavy atom. The number of nitrogens with one attached hydrogen (secondary N) is 1. The van der Waals surface area contributed by atoms with Crippen molar-refractivity contribution in [2.75, 3.05) is 11.4 Å². The molecule has 3 rings (SSSR count). The van der Waals surface area contributed by atoms with E-state index in [9.17, 15) is 13.2 Å². The summed E-state index contributed by atoms with van der Waals surface area (Å²) in [4.78, 5) is 13.1. The Labute approximate surface area is 178 Å². The minimum Gasteiger partial charge on any atom is -0.345 e. The number of amides is 1. The zero-order chi connectivity index (χ0) is 21.7. The Kier molecular flexibility index (Phi) is 6.57. The molecule has 1 amide bonds. The highest BCUT2D eigenvalue weighted by Gasteiger charge is 2.22. The van der Waals surface area contributed by atoms with Crippen LogP contribution < -0.4 is 9.62 Å². The molecule has 1 atom stereocenters. The minimum absolute atomic E-state index is 0.117. The third-order valence-corrected chi connectivity index (χ3v) is 6.95. The second-order valence-electron chi connectivity index (χ2n) is 7.13. The van der Waals surface area contributed by atoms with E-state index in [2.05, 4.69) is 5.32 Å². The summed E-state index contributed by atoms with van der Waals surface area (Å²) in [5.41, 5.74) is 3.03. The van der Waals surface area contributed by atoms with Gasteiger partial charge in [0.2, 0.25) is 0 Å². The first kappa shape index (κ1) is 21.6. The monoisotopic (exact) mass is 422 g/mol. The van der Waals surface area contributed by atoms with Crippen LogP contribution in [0, 0.1) is 6.92 Å². The van der Waals surface area contributed by atoms with Gasteiger partial charge in [0.05, 0.1) is 16.6 Å². The zero-order valence-electron chi connectivity index (χ0n) is 17.4. The van der Waals surface area contributed by atoms with E-state index in [1.165, 1.54) is 11.4 Å². The summed E-state index contributed by atoms with van der Waals surface area (Å²) in [6, 6.07) is 22.7. The third kappa shape index (κ3) is 4.54. The van der Waals surface area contributed by atoms with Crippen molar-refractivity contribution in [3.63, 3.8) is 0 Å². The van der Waals surface area contributed by atoms with Gasteiger partial charge in [-0.1, -0.05) is 55.5 Å². The van der Waals surface area contributed by atoms with Gasteiger partial charge in [0.25, 0.3) is 15.9 Å². The molecule has 0 radical (unpaired) electrons. The SMILES string of the molecule is CC[C@H](NC(=O)c1cccc(N(C)S(=O)(=O)c2ccccc2)c1)c1ccccc1C. The first-order valence-corrected chi connectivity index (χ1v) is 11.3. The molecule has 3 aromatic carbocycles. The molecule has 0 bridgehead atoms. The Hall–Kier alpha value is -3.12. The molecule has 0 saturated heterocycles. The molecular formula is C24H26N2O3S. The average molecular weight is 423 g/mol. The highest BCUT2D eigenvalue weighted by Crippen LogP contribution is 2.24. The van der Waals surface area contributed by atoms with Crippen LogP contribution in [-0.2, 0) is 10.0 Å². The molecule has 6 heteroatoms. The second-order valence-corrected chi connectivity index (χ2v) is 9.10. The van der Waals surface area contributed by atoms with Crippen molar-refractivity contribution < 1.29 is 13.2 Å². The van der Waals surface area contributed by atoms with E-state index in [-0.39, 0.29) is 16.8 Å². The number of hydrogen-bond donors (Lipinski definition) is 1. The summed E-state index contributed by atoms with van der Waals surface area (Å²) >= 11 is 0. The van der Waals surface area contributed by atoms with Crippen LogP contribution in [0.15, 0.2) is 83.8 Å². The van der Waals surface area contributed by atoms with Crippen LogP contribution >= 0.6 is 0 Å². The lowest BCUT2D eigenvalue weighted by molar-refractivity contribution is 0.0935. The predicted octanol–water partition coefficient (Wildman–Crippen LogP) is 4.70. The summed E-state index contributed by atoms with van der Waals surface area (Å²) in [5, 5.41) is 3.07. The van der Waals surface area contributed by atoms with Crippen molar-refractivity contribution in [3.05, 3.63) is 95.6 Å². The van der Waals surface area contributed by atoms with E-state index in [1.54, 1.807) is 54.6 Å². The molecule has 0 aliphatic rings. The molecule has 0 heterocycles. The molecule has 0 unspecified atom stereocenters. The van der Waals surface area contributed by atoms with Gasteiger partial charge < -0.3 is 5.32 Å². The van der Waals surface area contributed by atoms with Crippen LogP contribution in [0.2, 0.25) is 0 Å². The largest absolute Gasteiger partial charge is 0.345 e. The fourth-order valence-electron chi connectivity index (χ4n) is 3.35. The smallest absolute Gasteiger partial charge is 0.264 e. The quantitative estimate of drug-likeness (QED) is 0.600. The first-order chi connectivity index (χ1) is 14.3. The minimum atomic E-state index is -3.71. The van der Waals surface area contributed by atoms with Crippen molar-refractivity contribution in [1.29, 1.82) is 0 Å². The fourth-order valence-corrected chi connectivity index (χ4v) is 4.56. The molecule has 156 valence electrons. The van der Waals surface area contributed by atoms with Crippen LogP contribution in [0.25, 0.3) is 0 Å². The molecule has 0 aliphatic carbocycles. The number of carbonyl (C=O) groups is 1. The lowest BCUT2D eigenvalue weighted by Gasteiger charge is -2.22. The normalized spacial score (nSPS) is 12.2. The molecule has 0 aliphatic heterocycles. The third-order valence-electron chi connectivity index (χ3n) is 5.15. The molecule has 0 aromatic heterocycles. The number of benzene rings is 3. The summed E-state index contributed by atoms with van der Waals surface area (Å²) < 4.78 is 27.0. The maximum Gasteiger partial charge on any atom is 0.264 e. The molecule has 0 spiro atoms. The molecule has 3 aromatic rings. The van der Waals surface area contributed by atoms with Crippen LogP contribution in [-0.4, -0.2) is 21.4 Å². The Balaban J connectivity index is 1.84. The van der Waals surface area contributed by atoms with Crippen molar-refractivity contribution in [2.45, 2.75) is 31.2 Å². The Morgan fingerprint density at radius 1 is 0.967 bits per heavy atom. The van der Waals surface area contributed by atoms with Crippen molar-refractivity contribution in [3.8, 4) is 0 Å². The van der Waals surface area contributed by atoms with Gasteiger partial charge in [0.1, 0.15) is 0 Å². The maximum absolute atomic E-state index is 12.9.